The molecule has 1 aromatic heterocycles. The zero-order valence-electron chi connectivity index (χ0n) is 8.82. The molecule has 15 heavy (non-hydrogen) atoms. The zero-order chi connectivity index (χ0) is 11.1. The van der Waals surface area contributed by atoms with Crippen LogP contribution in [0.15, 0.2) is 12.1 Å². The van der Waals surface area contributed by atoms with Crippen molar-refractivity contribution in [3.8, 4) is 6.07 Å². The molecule has 0 radical (unpaired) electrons. The van der Waals surface area contributed by atoms with Crippen molar-refractivity contribution in [2.45, 2.75) is 12.8 Å². The highest BCUT2D eigenvalue weighted by Crippen LogP contribution is 2.14. The summed E-state index contributed by atoms with van der Waals surface area (Å²) in [6.07, 6.45) is -0.222. The van der Waals surface area contributed by atoms with Crippen LogP contribution < -0.4 is 5.32 Å². The number of methoxy groups -OCH3 is 2. The molecule has 1 rings (SSSR count). The van der Waals surface area contributed by atoms with Crippen LogP contribution in [0.3, 0.4) is 0 Å². The summed E-state index contributed by atoms with van der Waals surface area (Å²) in [6, 6.07) is 5.88. The lowest BCUT2D eigenvalue weighted by Gasteiger charge is -2.13. The van der Waals surface area contributed by atoms with Gasteiger partial charge in [-0.15, -0.1) is 11.3 Å². The van der Waals surface area contributed by atoms with Crippen molar-refractivity contribution in [2.75, 3.05) is 20.8 Å². The van der Waals surface area contributed by atoms with Crippen LogP contribution in [0.25, 0.3) is 0 Å². The first-order valence-electron chi connectivity index (χ1n) is 4.55. The van der Waals surface area contributed by atoms with Gasteiger partial charge < -0.3 is 14.8 Å². The third kappa shape index (κ3) is 3.98. The van der Waals surface area contributed by atoms with E-state index in [9.17, 15) is 0 Å². The first-order valence-corrected chi connectivity index (χ1v) is 5.37. The number of hydrogen-bond acceptors (Lipinski definition) is 5. The quantitative estimate of drug-likeness (QED) is 0.743. The molecule has 0 saturated heterocycles. The van der Waals surface area contributed by atoms with Crippen LogP contribution in [-0.4, -0.2) is 27.1 Å². The maximum atomic E-state index is 8.64. The second-order valence-electron chi connectivity index (χ2n) is 2.91. The predicted octanol–water partition coefficient (Wildman–Crippen LogP) is 1.33. The first kappa shape index (κ1) is 12.1. The number of nitrogens with one attached hydrogen (secondary N) is 1. The molecule has 82 valence electrons. The third-order valence-electron chi connectivity index (χ3n) is 1.91. The molecule has 0 unspecified atom stereocenters. The van der Waals surface area contributed by atoms with Crippen molar-refractivity contribution in [3.05, 3.63) is 21.9 Å². The van der Waals surface area contributed by atoms with Crippen molar-refractivity contribution < 1.29 is 9.47 Å². The van der Waals surface area contributed by atoms with E-state index in [0.717, 1.165) is 16.3 Å². The average molecular weight is 226 g/mol. The highest BCUT2D eigenvalue weighted by atomic mass is 32.1. The van der Waals surface area contributed by atoms with Gasteiger partial charge in [-0.1, -0.05) is 0 Å². The molecule has 4 nitrogen and oxygen atoms in total. The molecule has 1 aromatic rings. The molecule has 5 heteroatoms. The molecule has 0 bridgehead atoms. The fraction of sp³-hybridized carbons (Fsp3) is 0.500. The minimum atomic E-state index is -0.222. The summed E-state index contributed by atoms with van der Waals surface area (Å²) in [5, 5.41) is 11.8. The number of rotatable bonds is 6. The van der Waals surface area contributed by atoms with E-state index in [1.807, 2.05) is 12.1 Å². The predicted molar refractivity (Wildman–Crippen MR) is 58.5 cm³/mol. The summed E-state index contributed by atoms with van der Waals surface area (Å²) >= 11 is 1.49. The molecular formula is C10H14N2O2S. The molecule has 0 amide bonds. The molecule has 1 heterocycles. The van der Waals surface area contributed by atoms with Gasteiger partial charge >= 0.3 is 0 Å². The van der Waals surface area contributed by atoms with Gasteiger partial charge in [-0.05, 0) is 12.1 Å². The Morgan fingerprint density at radius 3 is 2.73 bits per heavy atom. The van der Waals surface area contributed by atoms with Gasteiger partial charge in [0.1, 0.15) is 10.9 Å². The monoisotopic (exact) mass is 226 g/mol. The summed E-state index contributed by atoms with van der Waals surface area (Å²) in [6.45, 7) is 1.36. The summed E-state index contributed by atoms with van der Waals surface area (Å²) in [5.41, 5.74) is 0. The lowest BCUT2D eigenvalue weighted by Crippen LogP contribution is -2.29. The Morgan fingerprint density at radius 2 is 2.20 bits per heavy atom. The van der Waals surface area contributed by atoms with Gasteiger partial charge in [0.2, 0.25) is 0 Å². The maximum Gasteiger partial charge on any atom is 0.169 e. The van der Waals surface area contributed by atoms with E-state index in [4.69, 9.17) is 14.7 Å². The van der Waals surface area contributed by atoms with Crippen LogP contribution in [0.5, 0.6) is 0 Å². The normalized spacial score (nSPS) is 10.5. The van der Waals surface area contributed by atoms with Crippen LogP contribution in [0, 0.1) is 11.3 Å². The molecule has 0 aromatic carbocycles. The number of thiophene rings is 1. The number of hydrogen-bond donors (Lipinski definition) is 1. The van der Waals surface area contributed by atoms with Crippen molar-refractivity contribution >= 4 is 11.3 Å². The Bertz CT molecular complexity index is 328. The smallest absolute Gasteiger partial charge is 0.169 e. The second kappa shape index (κ2) is 6.53. The van der Waals surface area contributed by atoms with Crippen molar-refractivity contribution in [2.24, 2.45) is 0 Å². The number of nitriles is 1. The Balaban J connectivity index is 2.28. The van der Waals surface area contributed by atoms with E-state index in [0.29, 0.717) is 6.54 Å². The van der Waals surface area contributed by atoms with E-state index in [2.05, 4.69) is 11.4 Å². The highest BCUT2D eigenvalue weighted by molar-refractivity contribution is 7.12. The van der Waals surface area contributed by atoms with Gasteiger partial charge in [0.05, 0.1) is 0 Å². The molecule has 0 fully saturated rings. The zero-order valence-corrected chi connectivity index (χ0v) is 9.63. The largest absolute Gasteiger partial charge is 0.355 e. The van der Waals surface area contributed by atoms with E-state index in [1.165, 1.54) is 11.3 Å². The SMILES string of the molecule is COC(CNCc1ccc(C#N)s1)OC. The Kier molecular flexibility index (Phi) is 5.29. The summed E-state index contributed by atoms with van der Waals surface area (Å²) < 4.78 is 10.1. The van der Waals surface area contributed by atoms with E-state index < -0.39 is 0 Å². The van der Waals surface area contributed by atoms with Gasteiger partial charge in [0, 0.05) is 32.2 Å². The second-order valence-corrected chi connectivity index (χ2v) is 4.08. The molecule has 0 atom stereocenters. The molecule has 0 aliphatic heterocycles. The summed E-state index contributed by atoms with van der Waals surface area (Å²) in [5.74, 6) is 0. The summed E-state index contributed by atoms with van der Waals surface area (Å²) in [7, 11) is 3.21. The third-order valence-corrected chi connectivity index (χ3v) is 2.90. The first-order chi connectivity index (χ1) is 7.30. The van der Waals surface area contributed by atoms with Crippen LogP contribution in [0.4, 0.5) is 0 Å². The van der Waals surface area contributed by atoms with E-state index in [1.54, 1.807) is 14.2 Å². The Hall–Kier alpha value is -0.930. The fourth-order valence-electron chi connectivity index (χ4n) is 1.11. The van der Waals surface area contributed by atoms with Gasteiger partial charge in [0.15, 0.2) is 6.29 Å². The van der Waals surface area contributed by atoms with Crippen molar-refractivity contribution in [3.63, 3.8) is 0 Å². The molecule has 1 N–H and O–H groups in total. The van der Waals surface area contributed by atoms with Gasteiger partial charge in [-0.25, -0.2) is 0 Å². The highest BCUT2D eigenvalue weighted by Gasteiger charge is 2.04. The minimum absolute atomic E-state index is 0.222. The minimum Gasteiger partial charge on any atom is -0.355 e. The van der Waals surface area contributed by atoms with Crippen molar-refractivity contribution in [1.29, 1.82) is 5.26 Å². The van der Waals surface area contributed by atoms with Crippen LogP contribution in [0.1, 0.15) is 9.75 Å². The van der Waals surface area contributed by atoms with Crippen LogP contribution in [0.2, 0.25) is 0 Å². The molecule has 0 aliphatic carbocycles. The Morgan fingerprint density at radius 1 is 1.47 bits per heavy atom. The topological polar surface area (TPSA) is 54.3 Å². The maximum absolute atomic E-state index is 8.64. The number of ether oxygens (including phenoxy) is 2. The van der Waals surface area contributed by atoms with Crippen LogP contribution in [-0.2, 0) is 16.0 Å². The van der Waals surface area contributed by atoms with Gasteiger partial charge in [0.25, 0.3) is 0 Å². The standard InChI is InChI=1S/C10H14N2O2S/c1-13-10(14-2)7-12-6-9-4-3-8(5-11)15-9/h3-4,10,12H,6-7H2,1-2H3. The molecular weight excluding hydrogens is 212 g/mol. The summed E-state index contributed by atoms with van der Waals surface area (Å²) in [4.78, 5) is 1.87. The average Bonchev–Trinajstić information content (AvgIpc) is 2.72. The lowest BCUT2D eigenvalue weighted by molar-refractivity contribution is -0.0988. The number of nitrogens with zero attached hydrogens (tertiary/aromatic N) is 1. The van der Waals surface area contributed by atoms with E-state index >= 15 is 0 Å². The van der Waals surface area contributed by atoms with Crippen molar-refractivity contribution in [1.82, 2.24) is 5.32 Å². The van der Waals surface area contributed by atoms with Crippen LogP contribution >= 0.6 is 11.3 Å². The van der Waals surface area contributed by atoms with E-state index in [-0.39, 0.29) is 6.29 Å². The fourth-order valence-corrected chi connectivity index (χ4v) is 1.88. The Labute approximate surface area is 93.4 Å². The lowest BCUT2D eigenvalue weighted by atomic mass is 10.4. The molecule has 0 aliphatic rings. The van der Waals surface area contributed by atoms with Gasteiger partial charge in [-0.3, -0.25) is 0 Å². The van der Waals surface area contributed by atoms with Gasteiger partial charge in [-0.2, -0.15) is 5.26 Å². The molecule has 0 spiro atoms. The molecule has 0 saturated carbocycles.